The van der Waals surface area contributed by atoms with Gasteiger partial charge in [-0.15, -0.1) is 11.3 Å². The number of amides is 1. The lowest BCUT2D eigenvalue weighted by Gasteiger charge is -2.05. The lowest BCUT2D eigenvalue weighted by atomic mass is 10.3. The van der Waals surface area contributed by atoms with Crippen LogP contribution < -0.4 is 10.6 Å². The predicted octanol–water partition coefficient (Wildman–Crippen LogP) is 2.58. The van der Waals surface area contributed by atoms with E-state index >= 15 is 0 Å². The van der Waals surface area contributed by atoms with E-state index in [-0.39, 0.29) is 5.91 Å². The van der Waals surface area contributed by atoms with Gasteiger partial charge in [0.1, 0.15) is 0 Å². The van der Waals surface area contributed by atoms with Crippen molar-refractivity contribution in [3.8, 4) is 0 Å². The highest BCUT2D eigenvalue weighted by Crippen LogP contribution is 2.10. The van der Waals surface area contributed by atoms with Crippen molar-refractivity contribution in [1.29, 1.82) is 0 Å². The topological polar surface area (TPSA) is 54.0 Å². The fourth-order valence-corrected chi connectivity index (χ4v) is 1.89. The van der Waals surface area contributed by atoms with Gasteiger partial charge in [0, 0.05) is 30.2 Å². The summed E-state index contributed by atoms with van der Waals surface area (Å²) in [6.45, 7) is 0.612. The normalized spacial score (nSPS) is 9.88. The highest BCUT2D eigenvalue weighted by molar-refractivity contribution is 7.13. The van der Waals surface area contributed by atoms with Gasteiger partial charge in [-0.25, -0.2) is 4.98 Å². The second-order valence-corrected chi connectivity index (χ2v) is 4.32. The molecule has 0 fully saturated rings. The number of anilines is 2. The Morgan fingerprint density at radius 2 is 2.12 bits per heavy atom. The minimum atomic E-state index is -0.0246. The zero-order valence-electron chi connectivity index (χ0n) is 9.22. The first kappa shape index (κ1) is 11.6. The Balaban J connectivity index is 1.70. The molecule has 4 nitrogen and oxygen atoms in total. The van der Waals surface area contributed by atoms with Crippen molar-refractivity contribution in [2.45, 2.75) is 6.42 Å². The maximum absolute atomic E-state index is 11.5. The third-order valence-electron chi connectivity index (χ3n) is 2.13. The SMILES string of the molecule is O=C(CCNc1ccccc1)Nc1nccs1. The quantitative estimate of drug-likeness (QED) is 0.853. The number of hydrogen-bond acceptors (Lipinski definition) is 4. The van der Waals surface area contributed by atoms with Crippen LogP contribution in [0.1, 0.15) is 6.42 Å². The summed E-state index contributed by atoms with van der Waals surface area (Å²) in [7, 11) is 0. The van der Waals surface area contributed by atoms with Gasteiger partial charge in [0.2, 0.25) is 5.91 Å². The fourth-order valence-electron chi connectivity index (χ4n) is 1.34. The maximum atomic E-state index is 11.5. The fraction of sp³-hybridized carbons (Fsp3) is 0.167. The largest absolute Gasteiger partial charge is 0.385 e. The molecule has 2 aromatic rings. The van der Waals surface area contributed by atoms with Gasteiger partial charge in [-0.2, -0.15) is 0 Å². The van der Waals surface area contributed by atoms with Gasteiger partial charge in [-0.3, -0.25) is 4.79 Å². The molecule has 0 aliphatic heterocycles. The van der Waals surface area contributed by atoms with E-state index in [4.69, 9.17) is 0 Å². The predicted molar refractivity (Wildman–Crippen MR) is 70.3 cm³/mol. The number of hydrogen-bond donors (Lipinski definition) is 2. The smallest absolute Gasteiger partial charge is 0.227 e. The molecule has 0 spiro atoms. The first-order valence-corrected chi connectivity index (χ1v) is 6.21. The molecule has 1 aromatic heterocycles. The molecule has 17 heavy (non-hydrogen) atoms. The first-order valence-electron chi connectivity index (χ1n) is 5.33. The number of nitrogens with zero attached hydrogens (tertiary/aromatic N) is 1. The van der Waals surface area contributed by atoms with E-state index in [9.17, 15) is 4.79 Å². The first-order chi connectivity index (χ1) is 8.34. The second-order valence-electron chi connectivity index (χ2n) is 3.43. The van der Waals surface area contributed by atoms with Crippen LogP contribution in [0.5, 0.6) is 0 Å². The Hall–Kier alpha value is -1.88. The van der Waals surface area contributed by atoms with Crippen LogP contribution in [-0.4, -0.2) is 17.4 Å². The van der Waals surface area contributed by atoms with E-state index in [1.54, 1.807) is 6.20 Å². The zero-order chi connectivity index (χ0) is 11.9. The number of rotatable bonds is 5. The third-order valence-corrected chi connectivity index (χ3v) is 2.82. The molecule has 1 aromatic carbocycles. The molecule has 2 N–H and O–H groups in total. The Bertz CT molecular complexity index is 456. The minimum Gasteiger partial charge on any atom is -0.385 e. The van der Waals surface area contributed by atoms with E-state index in [1.807, 2.05) is 35.7 Å². The van der Waals surface area contributed by atoms with Crippen LogP contribution >= 0.6 is 11.3 Å². The van der Waals surface area contributed by atoms with Gasteiger partial charge in [0.15, 0.2) is 5.13 Å². The van der Waals surface area contributed by atoms with Gasteiger partial charge in [0.05, 0.1) is 0 Å². The van der Waals surface area contributed by atoms with Crippen LogP contribution in [-0.2, 0) is 4.79 Å². The summed E-state index contributed by atoms with van der Waals surface area (Å²) in [6, 6.07) is 9.81. The molecule has 0 atom stereocenters. The summed E-state index contributed by atoms with van der Waals surface area (Å²) in [5, 5.41) is 8.39. The average Bonchev–Trinajstić information content (AvgIpc) is 2.83. The van der Waals surface area contributed by atoms with E-state index in [0.717, 1.165) is 5.69 Å². The third kappa shape index (κ3) is 3.88. The molecule has 0 aliphatic carbocycles. The molecule has 0 saturated carbocycles. The molecule has 1 amide bonds. The Morgan fingerprint density at radius 1 is 1.29 bits per heavy atom. The number of carbonyl (C=O) groups excluding carboxylic acids is 1. The van der Waals surface area contributed by atoms with Crippen LogP contribution in [0.25, 0.3) is 0 Å². The van der Waals surface area contributed by atoms with Crippen molar-refractivity contribution in [2.24, 2.45) is 0 Å². The molecule has 0 bridgehead atoms. The van der Waals surface area contributed by atoms with Gasteiger partial charge in [0.25, 0.3) is 0 Å². The number of nitrogens with one attached hydrogen (secondary N) is 2. The zero-order valence-corrected chi connectivity index (χ0v) is 10.0. The maximum Gasteiger partial charge on any atom is 0.227 e. The molecule has 2 rings (SSSR count). The monoisotopic (exact) mass is 247 g/mol. The Labute approximate surface area is 104 Å². The van der Waals surface area contributed by atoms with Gasteiger partial charge in [-0.1, -0.05) is 18.2 Å². The number of benzene rings is 1. The summed E-state index contributed by atoms with van der Waals surface area (Å²) in [5.41, 5.74) is 1.02. The van der Waals surface area contributed by atoms with Crippen LogP contribution in [0.4, 0.5) is 10.8 Å². The number of para-hydroxylation sites is 1. The summed E-state index contributed by atoms with van der Waals surface area (Å²) in [5.74, 6) is -0.0246. The second kappa shape index (κ2) is 6.00. The lowest BCUT2D eigenvalue weighted by Crippen LogP contribution is -2.16. The van der Waals surface area contributed by atoms with Crippen LogP contribution in [0.15, 0.2) is 41.9 Å². The Kier molecular flexibility index (Phi) is 4.10. The molecule has 88 valence electrons. The highest BCUT2D eigenvalue weighted by Gasteiger charge is 2.03. The van der Waals surface area contributed by atoms with Crippen molar-refractivity contribution >= 4 is 28.1 Å². The average molecular weight is 247 g/mol. The summed E-state index contributed by atoms with van der Waals surface area (Å²) >= 11 is 1.42. The molecule has 5 heteroatoms. The van der Waals surface area contributed by atoms with Gasteiger partial charge < -0.3 is 10.6 Å². The van der Waals surface area contributed by atoms with Crippen molar-refractivity contribution in [3.63, 3.8) is 0 Å². The van der Waals surface area contributed by atoms with Gasteiger partial charge >= 0.3 is 0 Å². The Morgan fingerprint density at radius 3 is 2.82 bits per heavy atom. The number of thiazole rings is 1. The summed E-state index contributed by atoms with van der Waals surface area (Å²) in [4.78, 5) is 15.5. The molecule has 0 saturated heterocycles. The van der Waals surface area contributed by atoms with Crippen molar-refractivity contribution in [2.75, 3.05) is 17.2 Å². The number of aromatic nitrogens is 1. The van der Waals surface area contributed by atoms with E-state index in [0.29, 0.717) is 18.1 Å². The van der Waals surface area contributed by atoms with Crippen LogP contribution in [0.3, 0.4) is 0 Å². The standard InChI is InChI=1S/C12H13N3OS/c16-11(15-12-14-8-9-17-12)6-7-13-10-4-2-1-3-5-10/h1-5,8-9,13H,6-7H2,(H,14,15,16). The van der Waals surface area contributed by atoms with E-state index in [2.05, 4.69) is 15.6 Å². The molecular weight excluding hydrogens is 234 g/mol. The molecule has 0 aliphatic rings. The van der Waals surface area contributed by atoms with E-state index in [1.165, 1.54) is 11.3 Å². The molecule has 0 radical (unpaired) electrons. The van der Waals surface area contributed by atoms with Crippen molar-refractivity contribution in [1.82, 2.24) is 4.98 Å². The summed E-state index contributed by atoms with van der Waals surface area (Å²) in [6.07, 6.45) is 2.09. The molecule has 1 heterocycles. The molecular formula is C12H13N3OS. The van der Waals surface area contributed by atoms with E-state index < -0.39 is 0 Å². The number of carbonyl (C=O) groups is 1. The summed E-state index contributed by atoms with van der Waals surface area (Å²) < 4.78 is 0. The molecule has 0 unspecified atom stereocenters. The van der Waals surface area contributed by atoms with Gasteiger partial charge in [-0.05, 0) is 12.1 Å². The lowest BCUT2D eigenvalue weighted by molar-refractivity contribution is -0.115. The van der Waals surface area contributed by atoms with Crippen LogP contribution in [0, 0.1) is 0 Å². The van der Waals surface area contributed by atoms with Crippen molar-refractivity contribution in [3.05, 3.63) is 41.9 Å². The van der Waals surface area contributed by atoms with Crippen LogP contribution in [0.2, 0.25) is 0 Å². The highest BCUT2D eigenvalue weighted by atomic mass is 32.1. The van der Waals surface area contributed by atoms with Crippen molar-refractivity contribution < 1.29 is 4.79 Å². The minimum absolute atomic E-state index is 0.0246.